The Hall–Kier alpha value is -6.99. The quantitative estimate of drug-likeness (QED) is 0.175. The maximum Gasteiger partial charge on any atom is 0.164 e. The van der Waals surface area contributed by atoms with Crippen molar-refractivity contribution in [1.82, 2.24) is 19.5 Å². The molecule has 0 N–H and O–H groups in total. The molecule has 0 fully saturated rings. The number of para-hydroxylation sites is 2. The Kier molecular flexibility index (Phi) is 7.24. The van der Waals surface area contributed by atoms with E-state index in [9.17, 15) is 0 Å². The lowest BCUT2D eigenvalue weighted by Crippen LogP contribution is -2.00. The number of nitrogens with zero attached hydrogens (tertiary/aromatic N) is 4. The predicted molar refractivity (Wildman–Crippen MR) is 242 cm³/mol. The molecule has 0 aliphatic carbocycles. The summed E-state index contributed by atoms with van der Waals surface area (Å²) in [5.41, 5.74) is 8.94. The maximum absolute atomic E-state index is 5.15. The molecule has 0 unspecified atom stereocenters. The molecule has 0 aliphatic rings. The zero-order valence-corrected chi connectivity index (χ0v) is 32.1. The first kappa shape index (κ1) is 32.3. The van der Waals surface area contributed by atoms with E-state index >= 15 is 0 Å². The van der Waals surface area contributed by atoms with Crippen LogP contribution in [0.3, 0.4) is 0 Å². The van der Waals surface area contributed by atoms with Crippen molar-refractivity contribution in [2.75, 3.05) is 0 Å². The minimum absolute atomic E-state index is 0.660. The number of rotatable bonds is 5. The van der Waals surface area contributed by atoms with Gasteiger partial charge in [0.25, 0.3) is 0 Å². The van der Waals surface area contributed by atoms with Crippen molar-refractivity contribution in [2.45, 2.75) is 0 Å². The second kappa shape index (κ2) is 12.8. The molecule has 4 heterocycles. The first-order chi connectivity index (χ1) is 28.2. The van der Waals surface area contributed by atoms with Crippen LogP contribution in [0.25, 0.3) is 113 Å². The van der Waals surface area contributed by atoms with E-state index in [2.05, 4.69) is 150 Å². The number of benzene rings is 8. The summed E-state index contributed by atoms with van der Waals surface area (Å²) in [5, 5.41) is 7.49. The largest absolute Gasteiger partial charge is 0.309 e. The Morgan fingerprint density at radius 1 is 0.333 bits per heavy atom. The van der Waals surface area contributed by atoms with E-state index in [4.69, 9.17) is 15.0 Å². The minimum atomic E-state index is 0.660. The van der Waals surface area contributed by atoms with E-state index in [1.54, 1.807) is 0 Å². The fraction of sp³-hybridized carbons (Fsp3) is 0. The molecule has 0 amide bonds. The summed E-state index contributed by atoms with van der Waals surface area (Å²) >= 11 is 3.68. The molecule has 0 spiro atoms. The highest BCUT2D eigenvalue weighted by Crippen LogP contribution is 2.46. The van der Waals surface area contributed by atoms with Crippen LogP contribution in [0.1, 0.15) is 0 Å². The molecule has 57 heavy (non-hydrogen) atoms. The number of hydrogen-bond donors (Lipinski definition) is 0. The third-order valence-corrected chi connectivity index (χ3v) is 13.3. The second-order valence-corrected chi connectivity index (χ2v) is 16.5. The molecule has 0 saturated heterocycles. The van der Waals surface area contributed by atoms with Gasteiger partial charge in [-0.25, -0.2) is 15.0 Å². The summed E-state index contributed by atoms with van der Waals surface area (Å²) < 4.78 is 7.40. The van der Waals surface area contributed by atoms with Gasteiger partial charge in [-0.3, -0.25) is 0 Å². The predicted octanol–water partition coefficient (Wildman–Crippen LogP) is 14.4. The molecule has 6 heteroatoms. The van der Waals surface area contributed by atoms with Crippen molar-refractivity contribution in [2.24, 2.45) is 0 Å². The monoisotopic (exact) mass is 762 g/mol. The lowest BCUT2D eigenvalue weighted by Gasteiger charge is -2.11. The summed E-state index contributed by atoms with van der Waals surface area (Å²) in [6.07, 6.45) is 0. The highest BCUT2D eigenvalue weighted by atomic mass is 32.1. The van der Waals surface area contributed by atoms with Gasteiger partial charge in [0.15, 0.2) is 17.5 Å². The Bertz CT molecular complexity index is 3410. The lowest BCUT2D eigenvalue weighted by molar-refractivity contribution is 1.08. The molecular formula is C51H30N4S2. The number of aromatic nitrogens is 4. The summed E-state index contributed by atoms with van der Waals surface area (Å²) in [5.74, 6) is 1.99. The standard InChI is InChI=1S/C51H30N4S2/c1-3-13-31(14-4-1)49-52-50(32-15-5-2-6-16-32)54-51(53-49)39-20-12-24-45-48(39)47-35(19-11-23-44(47)57-45)33-25-28-43-40(29-33)38-27-26-34(30-46(38)56-43)55-41-21-9-7-17-36(41)37-18-8-10-22-42(37)55/h1-30H. The fourth-order valence-corrected chi connectivity index (χ4v) is 10.8. The van der Waals surface area contributed by atoms with E-state index < -0.39 is 0 Å². The van der Waals surface area contributed by atoms with Crippen LogP contribution < -0.4 is 0 Å². The Balaban J connectivity index is 1.03. The Morgan fingerprint density at radius 2 is 0.895 bits per heavy atom. The maximum atomic E-state index is 5.15. The third-order valence-electron chi connectivity index (χ3n) is 11.1. The van der Waals surface area contributed by atoms with Crippen LogP contribution in [0.2, 0.25) is 0 Å². The van der Waals surface area contributed by atoms with Gasteiger partial charge in [-0.1, -0.05) is 133 Å². The van der Waals surface area contributed by atoms with Gasteiger partial charge < -0.3 is 4.57 Å². The van der Waals surface area contributed by atoms with Crippen molar-refractivity contribution < 1.29 is 0 Å². The highest BCUT2D eigenvalue weighted by molar-refractivity contribution is 7.26. The van der Waals surface area contributed by atoms with E-state index in [0.717, 1.165) is 16.7 Å². The van der Waals surface area contributed by atoms with Crippen LogP contribution in [0.4, 0.5) is 0 Å². The zero-order chi connectivity index (χ0) is 37.5. The molecule has 4 nitrogen and oxygen atoms in total. The van der Waals surface area contributed by atoms with Gasteiger partial charge >= 0.3 is 0 Å². The Labute approximate surface area is 335 Å². The van der Waals surface area contributed by atoms with Crippen LogP contribution in [-0.4, -0.2) is 19.5 Å². The summed E-state index contributed by atoms with van der Waals surface area (Å²) in [7, 11) is 0. The smallest absolute Gasteiger partial charge is 0.164 e. The molecule has 0 aliphatic heterocycles. The molecule has 266 valence electrons. The fourth-order valence-electron chi connectivity index (χ4n) is 8.50. The van der Waals surface area contributed by atoms with Gasteiger partial charge in [0.2, 0.25) is 0 Å². The van der Waals surface area contributed by atoms with Gasteiger partial charge in [0.05, 0.1) is 11.0 Å². The first-order valence-corrected chi connectivity index (χ1v) is 20.7. The Morgan fingerprint density at radius 3 is 1.56 bits per heavy atom. The van der Waals surface area contributed by atoms with Crippen molar-refractivity contribution >= 4 is 84.8 Å². The lowest BCUT2D eigenvalue weighted by atomic mass is 9.96. The zero-order valence-electron chi connectivity index (χ0n) is 30.4. The van der Waals surface area contributed by atoms with Gasteiger partial charge in [-0.05, 0) is 59.7 Å². The second-order valence-electron chi connectivity index (χ2n) is 14.4. The van der Waals surface area contributed by atoms with Crippen LogP contribution in [0.5, 0.6) is 0 Å². The summed E-state index contributed by atoms with van der Waals surface area (Å²) in [6, 6.07) is 64.9. The van der Waals surface area contributed by atoms with E-state index in [1.807, 2.05) is 59.1 Å². The molecule has 0 radical (unpaired) electrons. The topological polar surface area (TPSA) is 43.6 Å². The van der Waals surface area contributed by atoms with E-state index in [-0.39, 0.29) is 0 Å². The number of hydrogen-bond acceptors (Lipinski definition) is 5. The first-order valence-electron chi connectivity index (χ1n) is 19.0. The van der Waals surface area contributed by atoms with Gasteiger partial charge in [-0.2, -0.15) is 0 Å². The van der Waals surface area contributed by atoms with Gasteiger partial charge in [-0.15, -0.1) is 22.7 Å². The molecule has 0 atom stereocenters. The van der Waals surface area contributed by atoms with Crippen LogP contribution in [0, 0.1) is 0 Å². The third kappa shape index (κ3) is 5.15. The summed E-state index contributed by atoms with van der Waals surface area (Å²) in [6.45, 7) is 0. The molecule has 0 saturated carbocycles. The van der Waals surface area contributed by atoms with Gasteiger partial charge in [0.1, 0.15) is 0 Å². The van der Waals surface area contributed by atoms with Crippen molar-refractivity contribution in [3.8, 4) is 51.0 Å². The molecule has 8 aromatic carbocycles. The van der Waals surface area contributed by atoms with E-state index in [1.165, 1.54) is 79.0 Å². The molecule has 12 rings (SSSR count). The SMILES string of the molecule is c1ccc(-c2nc(-c3ccccc3)nc(-c3cccc4sc5cccc(-c6ccc7sc8cc(-n9c%10ccccc%10c%10ccccc%109)ccc8c7c6)c5c34)n2)cc1. The summed E-state index contributed by atoms with van der Waals surface area (Å²) in [4.78, 5) is 15.3. The van der Waals surface area contributed by atoms with Crippen LogP contribution in [-0.2, 0) is 0 Å². The molecule has 4 aromatic heterocycles. The highest BCUT2D eigenvalue weighted by Gasteiger charge is 2.20. The van der Waals surface area contributed by atoms with E-state index in [0.29, 0.717) is 17.5 Å². The number of fused-ring (bicyclic) bond motifs is 9. The van der Waals surface area contributed by atoms with Crippen molar-refractivity contribution in [3.05, 3.63) is 182 Å². The molecule has 12 aromatic rings. The number of thiophene rings is 2. The molecule has 0 bridgehead atoms. The van der Waals surface area contributed by atoms with Crippen molar-refractivity contribution in [3.63, 3.8) is 0 Å². The van der Waals surface area contributed by atoms with Gasteiger partial charge in [0, 0.05) is 73.5 Å². The normalized spacial score (nSPS) is 11.9. The average molecular weight is 763 g/mol. The minimum Gasteiger partial charge on any atom is -0.309 e. The molecular weight excluding hydrogens is 733 g/mol. The van der Waals surface area contributed by atoms with Crippen LogP contribution >= 0.6 is 22.7 Å². The average Bonchev–Trinajstić information content (AvgIpc) is 3.96. The van der Waals surface area contributed by atoms with Crippen molar-refractivity contribution in [1.29, 1.82) is 0 Å². The van der Waals surface area contributed by atoms with Crippen LogP contribution in [0.15, 0.2) is 182 Å².